The third-order valence-corrected chi connectivity index (χ3v) is 1.60. The fourth-order valence-corrected chi connectivity index (χ4v) is 0.934. The minimum absolute atomic E-state index is 0.0586. The van der Waals surface area contributed by atoms with Crippen LogP contribution in [0, 0.1) is 6.92 Å². The van der Waals surface area contributed by atoms with Gasteiger partial charge in [0.2, 0.25) is 0 Å². The molecule has 1 aromatic rings. The van der Waals surface area contributed by atoms with Gasteiger partial charge in [0, 0.05) is 24.5 Å². The van der Waals surface area contributed by atoms with Crippen molar-refractivity contribution in [2.45, 2.75) is 13.0 Å². The first-order valence-electron chi connectivity index (χ1n) is 3.62. The minimum Gasteiger partial charge on any atom is -0.329 e. The summed E-state index contributed by atoms with van der Waals surface area (Å²) in [6.45, 7) is 2.41. The standard InChI is InChI=1S/C8H13N3/c1-6-4-7(2-3-11-6)8(10)5-9/h2-4,8H,5,9-10H2,1H3/t8-/m1/s1. The Morgan fingerprint density at radius 3 is 2.91 bits per heavy atom. The Morgan fingerprint density at radius 2 is 2.36 bits per heavy atom. The molecule has 3 heteroatoms. The molecule has 0 radical (unpaired) electrons. The molecule has 0 aliphatic heterocycles. The number of rotatable bonds is 2. The predicted molar refractivity (Wildman–Crippen MR) is 45.0 cm³/mol. The van der Waals surface area contributed by atoms with E-state index in [0.717, 1.165) is 11.3 Å². The van der Waals surface area contributed by atoms with Crippen molar-refractivity contribution in [3.8, 4) is 0 Å². The smallest absolute Gasteiger partial charge is 0.0420 e. The number of aryl methyl sites for hydroxylation is 1. The number of nitrogens with two attached hydrogens (primary N) is 2. The van der Waals surface area contributed by atoms with Crippen molar-refractivity contribution in [2.24, 2.45) is 11.5 Å². The largest absolute Gasteiger partial charge is 0.329 e. The zero-order chi connectivity index (χ0) is 8.27. The molecule has 0 amide bonds. The summed E-state index contributed by atoms with van der Waals surface area (Å²) >= 11 is 0. The van der Waals surface area contributed by atoms with Gasteiger partial charge in [-0.1, -0.05) is 0 Å². The van der Waals surface area contributed by atoms with Gasteiger partial charge < -0.3 is 11.5 Å². The first-order valence-corrected chi connectivity index (χ1v) is 3.62. The van der Waals surface area contributed by atoms with Gasteiger partial charge in [0.25, 0.3) is 0 Å². The van der Waals surface area contributed by atoms with Crippen LogP contribution in [0.4, 0.5) is 0 Å². The summed E-state index contributed by atoms with van der Waals surface area (Å²) in [6.07, 6.45) is 1.75. The van der Waals surface area contributed by atoms with Gasteiger partial charge in [-0.05, 0) is 24.6 Å². The van der Waals surface area contributed by atoms with E-state index in [4.69, 9.17) is 11.5 Å². The Kier molecular flexibility index (Phi) is 2.57. The highest BCUT2D eigenvalue weighted by Gasteiger charge is 2.01. The number of pyridine rings is 1. The molecule has 1 heterocycles. The molecule has 11 heavy (non-hydrogen) atoms. The second-order valence-corrected chi connectivity index (χ2v) is 2.57. The van der Waals surface area contributed by atoms with E-state index in [2.05, 4.69) is 4.98 Å². The maximum Gasteiger partial charge on any atom is 0.0420 e. The lowest BCUT2D eigenvalue weighted by atomic mass is 10.1. The van der Waals surface area contributed by atoms with E-state index in [9.17, 15) is 0 Å². The van der Waals surface area contributed by atoms with E-state index >= 15 is 0 Å². The van der Waals surface area contributed by atoms with Gasteiger partial charge in [0.1, 0.15) is 0 Å². The minimum atomic E-state index is -0.0586. The molecule has 0 saturated carbocycles. The molecule has 3 nitrogen and oxygen atoms in total. The molecule has 1 rings (SSSR count). The molecule has 60 valence electrons. The fraction of sp³-hybridized carbons (Fsp3) is 0.375. The van der Waals surface area contributed by atoms with Crippen LogP contribution < -0.4 is 11.5 Å². The Morgan fingerprint density at radius 1 is 1.64 bits per heavy atom. The quantitative estimate of drug-likeness (QED) is 0.641. The highest BCUT2D eigenvalue weighted by atomic mass is 14.7. The van der Waals surface area contributed by atoms with E-state index < -0.39 is 0 Å². The zero-order valence-electron chi connectivity index (χ0n) is 6.62. The van der Waals surface area contributed by atoms with Crippen molar-refractivity contribution in [3.63, 3.8) is 0 Å². The first kappa shape index (κ1) is 8.17. The molecule has 0 aliphatic rings. The molecule has 0 bridgehead atoms. The van der Waals surface area contributed by atoms with Crippen molar-refractivity contribution >= 4 is 0 Å². The maximum absolute atomic E-state index is 5.71. The van der Waals surface area contributed by atoms with Crippen LogP contribution in [0.3, 0.4) is 0 Å². The van der Waals surface area contributed by atoms with Gasteiger partial charge >= 0.3 is 0 Å². The van der Waals surface area contributed by atoms with E-state index in [1.807, 2.05) is 19.1 Å². The first-order chi connectivity index (χ1) is 5.24. The van der Waals surface area contributed by atoms with Gasteiger partial charge in [0.05, 0.1) is 0 Å². The van der Waals surface area contributed by atoms with Crippen LogP contribution in [-0.2, 0) is 0 Å². The monoisotopic (exact) mass is 151 g/mol. The summed E-state index contributed by atoms with van der Waals surface area (Å²) in [7, 11) is 0. The molecule has 0 aromatic carbocycles. The van der Waals surface area contributed by atoms with Crippen LogP contribution in [0.15, 0.2) is 18.3 Å². The Balaban J connectivity index is 2.86. The Hall–Kier alpha value is -0.930. The third kappa shape index (κ3) is 2.00. The summed E-state index contributed by atoms with van der Waals surface area (Å²) in [5.41, 5.74) is 13.2. The van der Waals surface area contributed by atoms with Gasteiger partial charge in [-0.15, -0.1) is 0 Å². The number of aromatic nitrogens is 1. The predicted octanol–water partition coefficient (Wildman–Crippen LogP) is 0.349. The van der Waals surface area contributed by atoms with Gasteiger partial charge in [-0.3, -0.25) is 4.98 Å². The molecule has 0 unspecified atom stereocenters. The summed E-state index contributed by atoms with van der Waals surface area (Å²) in [5.74, 6) is 0. The fourth-order valence-electron chi connectivity index (χ4n) is 0.934. The average molecular weight is 151 g/mol. The van der Waals surface area contributed by atoms with E-state index in [1.54, 1.807) is 6.20 Å². The molecule has 1 aromatic heterocycles. The molecular weight excluding hydrogens is 138 g/mol. The van der Waals surface area contributed by atoms with Crippen molar-refractivity contribution in [2.75, 3.05) is 6.54 Å². The molecule has 0 aliphatic carbocycles. The topological polar surface area (TPSA) is 64.9 Å². The van der Waals surface area contributed by atoms with E-state index in [-0.39, 0.29) is 6.04 Å². The van der Waals surface area contributed by atoms with Crippen LogP contribution in [0.25, 0.3) is 0 Å². The second-order valence-electron chi connectivity index (χ2n) is 2.57. The lowest BCUT2D eigenvalue weighted by molar-refractivity contribution is 0.734. The van der Waals surface area contributed by atoms with Crippen LogP contribution in [-0.4, -0.2) is 11.5 Å². The van der Waals surface area contributed by atoms with Gasteiger partial charge in [-0.2, -0.15) is 0 Å². The van der Waals surface area contributed by atoms with Gasteiger partial charge in [-0.25, -0.2) is 0 Å². The van der Waals surface area contributed by atoms with E-state index in [0.29, 0.717) is 6.54 Å². The lowest BCUT2D eigenvalue weighted by Gasteiger charge is -2.08. The molecule has 0 saturated heterocycles. The number of nitrogens with zero attached hydrogens (tertiary/aromatic N) is 1. The molecule has 1 atom stereocenters. The third-order valence-electron chi connectivity index (χ3n) is 1.60. The molecule has 4 N–H and O–H groups in total. The molecule has 0 fully saturated rings. The Labute approximate surface area is 66.4 Å². The van der Waals surface area contributed by atoms with Crippen LogP contribution >= 0.6 is 0 Å². The second kappa shape index (κ2) is 3.46. The average Bonchev–Trinajstić information content (AvgIpc) is 2.03. The van der Waals surface area contributed by atoms with Crippen molar-refractivity contribution in [1.82, 2.24) is 4.98 Å². The normalized spacial score (nSPS) is 13.0. The summed E-state index contributed by atoms with van der Waals surface area (Å²) in [5, 5.41) is 0. The van der Waals surface area contributed by atoms with Crippen LogP contribution in [0.1, 0.15) is 17.3 Å². The summed E-state index contributed by atoms with van der Waals surface area (Å²) in [4.78, 5) is 4.06. The summed E-state index contributed by atoms with van der Waals surface area (Å²) < 4.78 is 0. The highest BCUT2D eigenvalue weighted by Crippen LogP contribution is 2.08. The van der Waals surface area contributed by atoms with Crippen molar-refractivity contribution in [3.05, 3.63) is 29.6 Å². The van der Waals surface area contributed by atoms with Gasteiger partial charge in [0.15, 0.2) is 0 Å². The maximum atomic E-state index is 5.71. The summed E-state index contributed by atoms with van der Waals surface area (Å²) in [6, 6.07) is 3.79. The number of hydrogen-bond donors (Lipinski definition) is 2. The Bertz CT molecular complexity index is 235. The molecular formula is C8H13N3. The van der Waals surface area contributed by atoms with Crippen molar-refractivity contribution in [1.29, 1.82) is 0 Å². The van der Waals surface area contributed by atoms with Crippen LogP contribution in [0.2, 0.25) is 0 Å². The highest BCUT2D eigenvalue weighted by molar-refractivity contribution is 5.19. The SMILES string of the molecule is Cc1cc([C@H](N)CN)ccn1. The number of hydrogen-bond acceptors (Lipinski definition) is 3. The van der Waals surface area contributed by atoms with E-state index in [1.165, 1.54) is 0 Å². The lowest BCUT2D eigenvalue weighted by Crippen LogP contribution is -2.20. The van der Waals surface area contributed by atoms with Crippen molar-refractivity contribution < 1.29 is 0 Å². The molecule has 0 spiro atoms. The zero-order valence-corrected chi connectivity index (χ0v) is 6.62. The van der Waals surface area contributed by atoms with Crippen LogP contribution in [0.5, 0.6) is 0 Å².